The summed E-state index contributed by atoms with van der Waals surface area (Å²) in [4.78, 5) is 0. The molecule has 88 valence electrons. The number of nitrogens with one attached hydrogen (secondary N) is 1. The van der Waals surface area contributed by atoms with Crippen LogP contribution in [0.3, 0.4) is 0 Å². The molecule has 0 amide bonds. The first-order valence-corrected chi connectivity index (χ1v) is 5.46. The molecule has 0 saturated carbocycles. The summed E-state index contributed by atoms with van der Waals surface area (Å²) in [5.74, 6) is -1.67. The van der Waals surface area contributed by atoms with Crippen LogP contribution in [0.2, 0.25) is 5.02 Å². The van der Waals surface area contributed by atoms with Crippen LogP contribution >= 0.6 is 11.6 Å². The van der Waals surface area contributed by atoms with Crippen molar-refractivity contribution in [1.82, 2.24) is 0 Å². The summed E-state index contributed by atoms with van der Waals surface area (Å²) < 4.78 is 25.6. The minimum atomic E-state index is -0.838. The van der Waals surface area contributed by atoms with Crippen molar-refractivity contribution in [3.63, 3.8) is 0 Å². The Hall–Kier alpha value is -1.61. The molecule has 4 heteroatoms. The van der Waals surface area contributed by atoms with Crippen LogP contribution in [0.4, 0.5) is 14.5 Å². The second-order valence-corrected chi connectivity index (χ2v) is 4.05. The number of anilines is 1. The predicted molar refractivity (Wildman–Crippen MR) is 65.1 cm³/mol. The summed E-state index contributed by atoms with van der Waals surface area (Å²) in [6, 6.07) is 11.0. The number of hydrogen-bond acceptors (Lipinski definition) is 1. The van der Waals surface area contributed by atoms with Crippen molar-refractivity contribution in [2.45, 2.75) is 6.54 Å². The maximum absolute atomic E-state index is 12.9. The van der Waals surface area contributed by atoms with Gasteiger partial charge in [0.25, 0.3) is 0 Å². The quantitative estimate of drug-likeness (QED) is 0.863. The van der Waals surface area contributed by atoms with Crippen molar-refractivity contribution < 1.29 is 8.78 Å². The Morgan fingerprint density at radius 1 is 1.00 bits per heavy atom. The highest BCUT2D eigenvalue weighted by atomic mass is 35.5. The third-order valence-electron chi connectivity index (χ3n) is 2.31. The van der Waals surface area contributed by atoms with E-state index >= 15 is 0 Å². The fraction of sp³-hybridized carbons (Fsp3) is 0.0769. The maximum Gasteiger partial charge on any atom is 0.159 e. The third-order valence-corrected chi connectivity index (χ3v) is 2.54. The molecule has 0 saturated heterocycles. The summed E-state index contributed by atoms with van der Waals surface area (Å²) in [6.45, 7) is 0.414. The van der Waals surface area contributed by atoms with Crippen LogP contribution in [-0.4, -0.2) is 0 Å². The van der Waals surface area contributed by atoms with Gasteiger partial charge in [0.1, 0.15) is 0 Å². The van der Waals surface area contributed by atoms with Crippen molar-refractivity contribution in [3.05, 3.63) is 64.7 Å². The van der Waals surface area contributed by atoms with Crippen molar-refractivity contribution in [2.75, 3.05) is 5.32 Å². The van der Waals surface area contributed by atoms with Gasteiger partial charge >= 0.3 is 0 Å². The van der Waals surface area contributed by atoms with Gasteiger partial charge in [-0.1, -0.05) is 23.7 Å². The molecule has 0 aliphatic rings. The molecule has 2 aromatic rings. The van der Waals surface area contributed by atoms with Gasteiger partial charge in [0, 0.05) is 17.3 Å². The lowest BCUT2D eigenvalue weighted by Crippen LogP contribution is -2.00. The summed E-state index contributed by atoms with van der Waals surface area (Å²) in [7, 11) is 0. The van der Waals surface area contributed by atoms with Gasteiger partial charge in [0.05, 0.1) is 0 Å². The monoisotopic (exact) mass is 253 g/mol. The second kappa shape index (κ2) is 5.15. The van der Waals surface area contributed by atoms with Gasteiger partial charge in [0.15, 0.2) is 11.6 Å². The van der Waals surface area contributed by atoms with E-state index in [1.165, 1.54) is 12.1 Å². The third kappa shape index (κ3) is 3.17. The maximum atomic E-state index is 12.9. The van der Waals surface area contributed by atoms with Gasteiger partial charge in [-0.05, 0) is 35.9 Å². The van der Waals surface area contributed by atoms with Crippen LogP contribution in [0, 0.1) is 11.6 Å². The average Bonchev–Trinajstić information content (AvgIpc) is 2.31. The fourth-order valence-corrected chi connectivity index (χ4v) is 1.64. The van der Waals surface area contributed by atoms with E-state index in [4.69, 9.17) is 11.6 Å². The van der Waals surface area contributed by atoms with Crippen LogP contribution in [0.5, 0.6) is 0 Å². The van der Waals surface area contributed by atoms with Gasteiger partial charge < -0.3 is 5.32 Å². The smallest absolute Gasteiger partial charge is 0.159 e. The topological polar surface area (TPSA) is 12.0 Å². The highest BCUT2D eigenvalue weighted by Crippen LogP contribution is 2.16. The molecule has 0 fully saturated rings. The van der Waals surface area contributed by atoms with E-state index in [-0.39, 0.29) is 0 Å². The summed E-state index contributed by atoms with van der Waals surface area (Å²) in [6.07, 6.45) is 0. The highest BCUT2D eigenvalue weighted by Gasteiger charge is 2.02. The van der Waals surface area contributed by atoms with Crippen molar-refractivity contribution in [2.24, 2.45) is 0 Å². The molecule has 0 spiro atoms. The number of benzene rings is 2. The van der Waals surface area contributed by atoms with Crippen molar-refractivity contribution in [1.29, 1.82) is 0 Å². The van der Waals surface area contributed by atoms with Crippen LogP contribution in [0.25, 0.3) is 0 Å². The summed E-state index contributed by atoms with van der Waals surface area (Å²) in [5, 5.41) is 3.70. The molecule has 2 rings (SSSR count). The Bertz CT molecular complexity index is 529. The Morgan fingerprint density at radius 3 is 2.53 bits per heavy atom. The molecule has 0 heterocycles. The van der Waals surface area contributed by atoms with E-state index < -0.39 is 11.6 Å². The molecular formula is C13H10ClF2N. The highest BCUT2D eigenvalue weighted by molar-refractivity contribution is 6.30. The standard InChI is InChI=1S/C13H10ClF2N/c14-10-2-1-3-11(7-10)17-8-9-4-5-12(15)13(16)6-9/h1-7,17H,8H2. The number of hydrogen-bond donors (Lipinski definition) is 1. The predicted octanol–water partition coefficient (Wildman–Crippen LogP) is 4.23. The summed E-state index contributed by atoms with van der Waals surface area (Å²) in [5.41, 5.74) is 1.51. The zero-order chi connectivity index (χ0) is 12.3. The van der Waals surface area contributed by atoms with Crippen LogP contribution < -0.4 is 5.32 Å². The minimum Gasteiger partial charge on any atom is -0.381 e. The molecule has 0 aliphatic carbocycles. The zero-order valence-electron chi connectivity index (χ0n) is 8.88. The first kappa shape index (κ1) is 11.9. The van der Waals surface area contributed by atoms with E-state index in [0.29, 0.717) is 17.1 Å². The molecule has 0 atom stereocenters. The molecule has 1 N–H and O–H groups in total. The lowest BCUT2D eigenvalue weighted by Gasteiger charge is -2.07. The molecule has 0 aromatic heterocycles. The van der Waals surface area contributed by atoms with E-state index in [1.54, 1.807) is 12.1 Å². The molecule has 0 aliphatic heterocycles. The van der Waals surface area contributed by atoms with Gasteiger partial charge in [-0.2, -0.15) is 0 Å². The first-order valence-electron chi connectivity index (χ1n) is 5.08. The van der Waals surface area contributed by atoms with Crippen molar-refractivity contribution in [3.8, 4) is 0 Å². The summed E-state index contributed by atoms with van der Waals surface area (Å²) >= 11 is 5.82. The first-order chi connectivity index (χ1) is 8.15. The second-order valence-electron chi connectivity index (χ2n) is 3.61. The molecule has 2 aromatic carbocycles. The van der Waals surface area contributed by atoms with E-state index in [9.17, 15) is 8.78 Å². The SMILES string of the molecule is Fc1ccc(CNc2cccc(Cl)c2)cc1F. The van der Waals surface area contributed by atoms with Gasteiger partial charge in [-0.25, -0.2) is 8.78 Å². The molecule has 0 bridgehead atoms. The lowest BCUT2D eigenvalue weighted by molar-refractivity contribution is 0.507. The molecule has 17 heavy (non-hydrogen) atoms. The Balaban J connectivity index is 2.05. The van der Waals surface area contributed by atoms with Crippen LogP contribution in [0.15, 0.2) is 42.5 Å². The normalized spacial score (nSPS) is 10.3. The zero-order valence-corrected chi connectivity index (χ0v) is 9.64. The Kier molecular flexibility index (Phi) is 3.59. The fourth-order valence-electron chi connectivity index (χ4n) is 1.45. The van der Waals surface area contributed by atoms with E-state index in [1.807, 2.05) is 12.1 Å². The van der Waals surface area contributed by atoms with E-state index in [2.05, 4.69) is 5.32 Å². The molecule has 0 radical (unpaired) electrons. The average molecular weight is 254 g/mol. The van der Waals surface area contributed by atoms with Crippen molar-refractivity contribution >= 4 is 17.3 Å². The molecular weight excluding hydrogens is 244 g/mol. The largest absolute Gasteiger partial charge is 0.381 e. The Labute approximate surface area is 103 Å². The van der Waals surface area contributed by atoms with E-state index in [0.717, 1.165) is 11.8 Å². The number of rotatable bonds is 3. The van der Waals surface area contributed by atoms with Gasteiger partial charge in [-0.3, -0.25) is 0 Å². The molecule has 1 nitrogen and oxygen atoms in total. The van der Waals surface area contributed by atoms with Gasteiger partial charge in [-0.15, -0.1) is 0 Å². The minimum absolute atomic E-state index is 0.414. The van der Waals surface area contributed by atoms with Crippen LogP contribution in [0.1, 0.15) is 5.56 Å². The van der Waals surface area contributed by atoms with Gasteiger partial charge in [0.2, 0.25) is 0 Å². The molecule has 0 unspecified atom stereocenters. The Morgan fingerprint density at radius 2 is 1.82 bits per heavy atom. The number of halogens is 3. The van der Waals surface area contributed by atoms with Crippen LogP contribution in [-0.2, 0) is 6.54 Å². The lowest BCUT2D eigenvalue weighted by atomic mass is 10.2.